The fraction of sp³-hybridized carbons (Fsp3) is 0.152. The van der Waals surface area contributed by atoms with Crippen molar-refractivity contribution in [3.05, 3.63) is 143 Å². The number of sulfone groups is 1. The van der Waals surface area contributed by atoms with Crippen LogP contribution in [0.1, 0.15) is 34.2 Å². The second-order valence-corrected chi connectivity index (χ2v) is 11.4. The van der Waals surface area contributed by atoms with Crippen molar-refractivity contribution >= 4 is 20.8 Å². The third-order valence-electron chi connectivity index (χ3n) is 6.90. The first-order valence-electron chi connectivity index (χ1n) is 12.9. The highest BCUT2D eigenvalue weighted by Crippen LogP contribution is 2.41. The van der Waals surface area contributed by atoms with Crippen LogP contribution in [0.25, 0.3) is 22.1 Å². The van der Waals surface area contributed by atoms with E-state index < -0.39 is 9.84 Å². The molecule has 0 atom stereocenters. The number of hydrogen-bond donors (Lipinski definition) is 1. The van der Waals surface area contributed by atoms with Crippen LogP contribution in [0.3, 0.4) is 0 Å². The van der Waals surface area contributed by atoms with E-state index in [4.69, 9.17) is 0 Å². The third-order valence-corrected chi connectivity index (χ3v) is 8.59. The molecule has 0 saturated heterocycles. The Balaban J connectivity index is 0.000000366. The maximum atomic E-state index is 13.4. The summed E-state index contributed by atoms with van der Waals surface area (Å²) in [6.45, 7) is 0. The summed E-state index contributed by atoms with van der Waals surface area (Å²) in [7, 11) is -3.48. The number of hydrogen-bond acceptors (Lipinski definition) is 3. The maximum Gasteiger partial charge on any atom is 0.182 e. The molecular formula is C33H30FNO2S. The molecule has 0 unspecified atom stereocenters. The van der Waals surface area contributed by atoms with Gasteiger partial charge in [-0.3, -0.25) is 0 Å². The van der Waals surface area contributed by atoms with Crippen molar-refractivity contribution in [2.24, 2.45) is 0 Å². The summed E-state index contributed by atoms with van der Waals surface area (Å²) in [5.41, 5.74) is 7.85. The van der Waals surface area contributed by atoms with Gasteiger partial charge in [-0.05, 0) is 88.9 Å². The minimum Gasteiger partial charge on any atom is -0.368 e. The lowest BCUT2D eigenvalue weighted by atomic mass is 9.79. The van der Waals surface area contributed by atoms with Gasteiger partial charge in [0.2, 0.25) is 0 Å². The smallest absolute Gasteiger partial charge is 0.182 e. The van der Waals surface area contributed by atoms with Crippen molar-refractivity contribution in [1.29, 1.82) is 0 Å². The average molecular weight is 524 g/mol. The van der Waals surface area contributed by atoms with E-state index in [9.17, 15) is 12.8 Å². The zero-order chi connectivity index (χ0) is 26.4. The fourth-order valence-corrected chi connectivity index (χ4v) is 6.60. The molecule has 1 N–H and O–H groups in total. The Kier molecular flexibility index (Phi) is 7.85. The van der Waals surface area contributed by atoms with Gasteiger partial charge in [0.25, 0.3) is 0 Å². The van der Waals surface area contributed by atoms with E-state index in [1.54, 1.807) is 24.3 Å². The van der Waals surface area contributed by atoms with E-state index in [2.05, 4.69) is 35.6 Å². The van der Waals surface area contributed by atoms with Crippen LogP contribution in [-0.4, -0.2) is 14.2 Å². The molecule has 0 spiro atoms. The highest BCUT2D eigenvalue weighted by Gasteiger charge is 2.28. The molecule has 3 aliphatic rings. The topological polar surface area (TPSA) is 46.2 Å². The summed E-state index contributed by atoms with van der Waals surface area (Å²) < 4.78 is 39.7. The van der Waals surface area contributed by atoms with Gasteiger partial charge in [0.15, 0.2) is 9.84 Å². The number of fused-ring (bicyclic) bond motifs is 5. The van der Waals surface area contributed by atoms with Crippen molar-refractivity contribution in [1.82, 2.24) is 5.32 Å². The monoisotopic (exact) mass is 523 g/mol. The Morgan fingerprint density at radius 1 is 0.789 bits per heavy atom. The summed E-state index contributed by atoms with van der Waals surface area (Å²) in [5.74, 6) is -0.436. The second-order valence-electron chi connectivity index (χ2n) is 9.39. The van der Waals surface area contributed by atoms with E-state index in [0.29, 0.717) is 10.5 Å². The van der Waals surface area contributed by atoms with Crippen LogP contribution in [0.4, 0.5) is 4.39 Å². The van der Waals surface area contributed by atoms with Gasteiger partial charge in [-0.2, -0.15) is 0 Å². The summed E-state index contributed by atoms with van der Waals surface area (Å²) in [5, 5.41) is 2.92. The number of allylic oxidation sites excluding steroid dienone is 5. The van der Waals surface area contributed by atoms with Gasteiger partial charge >= 0.3 is 0 Å². The lowest BCUT2D eigenvalue weighted by molar-refractivity contribution is 0.608. The van der Waals surface area contributed by atoms with Crippen molar-refractivity contribution in [3.8, 4) is 11.1 Å². The first-order valence-corrected chi connectivity index (χ1v) is 14.5. The molecule has 0 amide bonds. The molecule has 3 aromatic carbocycles. The highest BCUT2D eigenvalue weighted by molar-refractivity contribution is 8.00. The molecule has 192 valence electrons. The Labute approximate surface area is 224 Å². The molecule has 5 heteroatoms. The molecule has 0 bridgehead atoms. The second kappa shape index (κ2) is 11.6. The molecule has 0 saturated carbocycles. The molecule has 38 heavy (non-hydrogen) atoms. The summed E-state index contributed by atoms with van der Waals surface area (Å²) in [6.07, 6.45) is 20.2. The van der Waals surface area contributed by atoms with Gasteiger partial charge in [-0.15, -0.1) is 0 Å². The first-order chi connectivity index (χ1) is 18.5. The van der Waals surface area contributed by atoms with Gasteiger partial charge in [0, 0.05) is 12.4 Å². The molecule has 0 radical (unpaired) electrons. The SMILES string of the molecule is C1=CC=CNC=C1.O=S(=O)(CC=Cc1cccc(F)c1)C1=CCCc2c1ccc1c2CCc2ccccc2-1. The Morgan fingerprint density at radius 2 is 1.55 bits per heavy atom. The number of aryl methyl sites for hydroxylation is 1. The van der Waals surface area contributed by atoms with Gasteiger partial charge in [-0.25, -0.2) is 12.8 Å². The zero-order valence-electron chi connectivity index (χ0n) is 21.1. The molecule has 3 nitrogen and oxygen atoms in total. The average Bonchev–Trinajstić information content (AvgIpc) is 3.26. The fourth-order valence-electron chi connectivity index (χ4n) is 5.18. The van der Waals surface area contributed by atoms with Crippen LogP contribution < -0.4 is 5.32 Å². The van der Waals surface area contributed by atoms with Crippen molar-refractivity contribution in [2.45, 2.75) is 25.7 Å². The summed E-state index contributed by atoms with van der Waals surface area (Å²) >= 11 is 0. The largest absolute Gasteiger partial charge is 0.368 e. The third kappa shape index (κ3) is 5.79. The number of benzene rings is 3. The normalized spacial score (nSPS) is 15.3. The van der Waals surface area contributed by atoms with Gasteiger partial charge in [0.1, 0.15) is 5.82 Å². The predicted octanol–water partition coefficient (Wildman–Crippen LogP) is 7.18. The standard InChI is InChI=1S/C27H23FO2S.C6H7N/c28-21-9-3-6-19(18-21)7-5-17-31(29,30)27-12-4-11-23-25-14-13-20-8-1-2-10-22(20)24(25)15-16-26(23)27;1-2-4-6-7-5-3-1/h1-3,5-10,12,15-16,18H,4,11,13-14,17H2;1-7H. The summed E-state index contributed by atoms with van der Waals surface area (Å²) in [6, 6.07) is 18.7. The van der Waals surface area contributed by atoms with E-state index >= 15 is 0 Å². The number of nitrogens with one attached hydrogen (secondary N) is 1. The van der Waals surface area contributed by atoms with Crippen LogP contribution in [-0.2, 0) is 29.1 Å². The number of rotatable bonds is 4. The molecule has 3 aromatic rings. The van der Waals surface area contributed by atoms with Crippen LogP contribution >= 0.6 is 0 Å². The van der Waals surface area contributed by atoms with Gasteiger partial charge in [-0.1, -0.05) is 78.9 Å². The number of halogens is 1. The van der Waals surface area contributed by atoms with E-state index in [1.165, 1.54) is 39.9 Å². The molecule has 1 heterocycles. The van der Waals surface area contributed by atoms with Crippen LogP contribution in [0.2, 0.25) is 0 Å². The first kappa shape index (κ1) is 25.7. The van der Waals surface area contributed by atoms with Gasteiger partial charge < -0.3 is 5.32 Å². The van der Waals surface area contributed by atoms with Crippen molar-refractivity contribution < 1.29 is 12.8 Å². The van der Waals surface area contributed by atoms with Crippen molar-refractivity contribution in [3.63, 3.8) is 0 Å². The highest BCUT2D eigenvalue weighted by atomic mass is 32.2. The Bertz CT molecular complexity index is 1580. The molecular weight excluding hydrogens is 493 g/mol. The lowest BCUT2D eigenvalue weighted by Crippen LogP contribution is -2.15. The molecule has 0 fully saturated rings. The predicted molar refractivity (Wildman–Crippen MR) is 155 cm³/mol. The molecule has 6 rings (SSSR count). The Hall–Kier alpha value is -3.96. The quantitative estimate of drug-likeness (QED) is 0.394. The Morgan fingerprint density at radius 3 is 2.37 bits per heavy atom. The van der Waals surface area contributed by atoms with Crippen LogP contribution in [0.15, 0.2) is 110 Å². The molecule has 2 aliphatic carbocycles. The molecule has 0 aromatic heterocycles. The van der Waals surface area contributed by atoms with E-state index in [1.807, 2.05) is 48.8 Å². The van der Waals surface area contributed by atoms with E-state index in [-0.39, 0.29) is 11.6 Å². The van der Waals surface area contributed by atoms with Crippen molar-refractivity contribution in [2.75, 3.05) is 5.75 Å². The van der Waals surface area contributed by atoms with E-state index in [0.717, 1.165) is 31.2 Å². The van der Waals surface area contributed by atoms with Gasteiger partial charge in [0.05, 0.1) is 10.7 Å². The minimum absolute atomic E-state index is 0.102. The lowest BCUT2D eigenvalue weighted by Gasteiger charge is -2.27. The molecule has 1 aliphatic heterocycles. The van der Waals surface area contributed by atoms with Crippen LogP contribution in [0, 0.1) is 5.82 Å². The maximum absolute atomic E-state index is 13.4. The zero-order valence-corrected chi connectivity index (χ0v) is 21.9. The minimum atomic E-state index is -3.48. The van der Waals surface area contributed by atoms with Crippen LogP contribution in [0.5, 0.6) is 0 Å². The summed E-state index contributed by atoms with van der Waals surface area (Å²) in [4.78, 5) is 0.430.